The van der Waals surface area contributed by atoms with E-state index in [0.29, 0.717) is 23.7 Å². The van der Waals surface area contributed by atoms with Gasteiger partial charge >= 0.3 is 0 Å². The molecule has 7 nitrogen and oxygen atoms in total. The number of ether oxygens (including phenoxy) is 2. The molecule has 0 saturated heterocycles. The topological polar surface area (TPSA) is 96.5 Å². The number of aromatic nitrogens is 2. The molecular formula is C32H33N3O4. The molecule has 2 heterocycles. The summed E-state index contributed by atoms with van der Waals surface area (Å²) in [4.78, 5) is 19.0. The van der Waals surface area contributed by atoms with Crippen molar-refractivity contribution in [3.05, 3.63) is 96.2 Å². The summed E-state index contributed by atoms with van der Waals surface area (Å²) in [6.07, 6.45) is 1.62. The maximum atomic E-state index is 11.4. The van der Waals surface area contributed by atoms with Gasteiger partial charge in [-0.05, 0) is 69.2 Å². The number of hydrogen-bond donors (Lipinski definition) is 3. The van der Waals surface area contributed by atoms with Gasteiger partial charge < -0.3 is 24.9 Å². The molecule has 1 atom stereocenters. The van der Waals surface area contributed by atoms with Crippen molar-refractivity contribution < 1.29 is 19.4 Å². The number of aliphatic hydroxyl groups is 1. The Morgan fingerprint density at radius 1 is 1.00 bits per heavy atom. The van der Waals surface area contributed by atoms with Gasteiger partial charge in [-0.1, -0.05) is 36.4 Å². The number of fused-ring (bicyclic) bond motifs is 3. The average Bonchev–Trinajstić information content (AvgIpc) is 3.31. The molecular weight excluding hydrogens is 490 g/mol. The van der Waals surface area contributed by atoms with E-state index < -0.39 is 6.10 Å². The molecule has 0 bridgehead atoms. The zero-order valence-electron chi connectivity index (χ0n) is 22.4. The van der Waals surface area contributed by atoms with E-state index in [4.69, 9.17) is 9.47 Å². The van der Waals surface area contributed by atoms with Gasteiger partial charge in [-0.15, -0.1) is 0 Å². The number of pyridine rings is 1. The quantitative estimate of drug-likeness (QED) is 0.182. The van der Waals surface area contributed by atoms with Crippen LogP contribution >= 0.6 is 0 Å². The third-order valence-electron chi connectivity index (χ3n) is 6.67. The first-order chi connectivity index (χ1) is 18.8. The lowest BCUT2D eigenvalue weighted by molar-refractivity contribution is 0.0996. The molecule has 5 rings (SSSR count). The second-order valence-electron chi connectivity index (χ2n) is 10.4. The Kier molecular flexibility index (Phi) is 7.63. The number of nitrogens with one attached hydrogen (secondary N) is 2. The van der Waals surface area contributed by atoms with Crippen molar-refractivity contribution in [3.8, 4) is 17.4 Å². The van der Waals surface area contributed by atoms with Gasteiger partial charge in [-0.2, -0.15) is 0 Å². The largest absolute Gasteiger partial charge is 0.490 e. The summed E-state index contributed by atoms with van der Waals surface area (Å²) in [6.45, 7) is 6.32. The molecule has 39 heavy (non-hydrogen) atoms. The number of nitrogens with zero attached hydrogens (tertiary/aromatic N) is 1. The molecule has 0 amide bonds. The molecule has 0 saturated carbocycles. The molecule has 0 aliphatic carbocycles. The number of benzene rings is 3. The number of aromatic amines is 1. The number of Topliss-reactive ketones (excluding diaryl/α,β-unsaturated/α-hetero) is 1. The summed E-state index contributed by atoms with van der Waals surface area (Å²) in [5, 5.41) is 16.3. The summed E-state index contributed by atoms with van der Waals surface area (Å²) in [5.41, 5.74) is 3.52. The van der Waals surface area contributed by atoms with E-state index >= 15 is 0 Å². The first-order valence-corrected chi connectivity index (χ1v) is 13.1. The van der Waals surface area contributed by atoms with Crippen LogP contribution in [0.1, 0.15) is 36.7 Å². The van der Waals surface area contributed by atoms with E-state index in [-0.39, 0.29) is 17.9 Å². The smallest absolute Gasteiger partial charge is 0.219 e. The zero-order valence-corrected chi connectivity index (χ0v) is 22.4. The fraction of sp³-hybridized carbons (Fsp3) is 0.250. The fourth-order valence-corrected chi connectivity index (χ4v) is 4.65. The summed E-state index contributed by atoms with van der Waals surface area (Å²) < 4.78 is 11.9. The lowest BCUT2D eigenvalue weighted by Gasteiger charge is -2.28. The molecule has 7 heteroatoms. The standard InChI is InChI=1S/C32H33N3O4/c1-21(36)23-13-16-30(33-18-23)39-25-14-11-22(12-15-25)17-32(2,3)34-19-24(37)20-38-29-10-6-9-28-31(29)26-7-4-5-8-27(26)35-28/h4-16,18,24,34-35,37H,17,19-20H2,1-3H3. The SMILES string of the molecule is CC(=O)c1ccc(Oc2ccc(CC(C)(C)NCC(O)COc3cccc4[nH]c5ccccc5c34)cc2)nc1. The molecule has 3 N–H and O–H groups in total. The van der Waals surface area contributed by atoms with Crippen LogP contribution in [0, 0.1) is 0 Å². The van der Waals surface area contributed by atoms with Crippen molar-refractivity contribution in [2.24, 2.45) is 0 Å². The van der Waals surface area contributed by atoms with Crippen LogP contribution in [0.3, 0.4) is 0 Å². The first-order valence-electron chi connectivity index (χ1n) is 13.1. The maximum Gasteiger partial charge on any atom is 0.219 e. The lowest BCUT2D eigenvalue weighted by Crippen LogP contribution is -2.46. The molecule has 0 aliphatic rings. The third-order valence-corrected chi connectivity index (χ3v) is 6.67. The summed E-state index contributed by atoms with van der Waals surface area (Å²) in [5.74, 6) is 1.84. The van der Waals surface area contributed by atoms with Gasteiger partial charge in [0, 0.05) is 46.2 Å². The van der Waals surface area contributed by atoms with Crippen molar-refractivity contribution in [1.29, 1.82) is 0 Å². The highest BCUT2D eigenvalue weighted by molar-refractivity contribution is 6.10. The predicted octanol–water partition coefficient (Wildman–Crippen LogP) is 6.06. The zero-order chi connectivity index (χ0) is 27.4. The Labute approximate surface area is 227 Å². The molecule has 0 aliphatic heterocycles. The van der Waals surface area contributed by atoms with Crippen molar-refractivity contribution in [3.63, 3.8) is 0 Å². The molecule has 200 valence electrons. The number of carbonyl (C=O) groups is 1. The van der Waals surface area contributed by atoms with Crippen LogP contribution in [0.5, 0.6) is 17.4 Å². The van der Waals surface area contributed by atoms with Gasteiger partial charge in [0.2, 0.25) is 5.88 Å². The predicted molar refractivity (Wildman–Crippen MR) is 154 cm³/mol. The Morgan fingerprint density at radius 3 is 2.51 bits per heavy atom. The molecule has 0 spiro atoms. The Hall–Kier alpha value is -4.20. The number of para-hydroxylation sites is 1. The number of ketones is 1. The molecule has 0 fully saturated rings. The van der Waals surface area contributed by atoms with Crippen LogP contribution in [0.2, 0.25) is 0 Å². The molecule has 0 radical (unpaired) electrons. The van der Waals surface area contributed by atoms with Crippen LogP contribution < -0.4 is 14.8 Å². The second-order valence-corrected chi connectivity index (χ2v) is 10.4. The van der Waals surface area contributed by atoms with Gasteiger partial charge in [0.15, 0.2) is 5.78 Å². The molecule has 2 aromatic heterocycles. The van der Waals surface area contributed by atoms with Crippen molar-refractivity contribution in [2.45, 2.75) is 38.8 Å². The van der Waals surface area contributed by atoms with E-state index in [0.717, 1.165) is 39.5 Å². The maximum absolute atomic E-state index is 11.4. The molecule has 5 aromatic rings. The van der Waals surface area contributed by atoms with E-state index in [1.165, 1.54) is 13.1 Å². The Morgan fingerprint density at radius 2 is 1.77 bits per heavy atom. The second kappa shape index (κ2) is 11.3. The van der Waals surface area contributed by atoms with Crippen molar-refractivity contribution in [1.82, 2.24) is 15.3 Å². The number of hydrogen-bond acceptors (Lipinski definition) is 6. The Balaban J connectivity index is 1.13. The van der Waals surface area contributed by atoms with Crippen molar-refractivity contribution >= 4 is 27.6 Å². The molecule has 1 unspecified atom stereocenters. The molecule has 3 aromatic carbocycles. The van der Waals surface area contributed by atoms with Crippen LogP contribution in [0.4, 0.5) is 0 Å². The van der Waals surface area contributed by atoms with Gasteiger partial charge in [-0.25, -0.2) is 4.98 Å². The number of aliphatic hydroxyl groups excluding tert-OH is 1. The number of carbonyl (C=O) groups excluding carboxylic acids is 1. The van der Waals surface area contributed by atoms with Crippen LogP contribution in [0.25, 0.3) is 21.8 Å². The van der Waals surface area contributed by atoms with Crippen LogP contribution in [-0.4, -0.2) is 45.7 Å². The highest BCUT2D eigenvalue weighted by atomic mass is 16.5. The van der Waals surface area contributed by atoms with Crippen LogP contribution in [0.15, 0.2) is 85.1 Å². The first kappa shape index (κ1) is 26.4. The third kappa shape index (κ3) is 6.45. The monoisotopic (exact) mass is 523 g/mol. The minimum absolute atomic E-state index is 0.0299. The van der Waals surface area contributed by atoms with E-state index in [1.54, 1.807) is 12.1 Å². The van der Waals surface area contributed by atoms with Gasteiger partial charge in [0.05, 0.1) is 5.52 Å². The van der Waals surface area contributed by atoms with Crippen LogP contribution in [-0.2, 0) is 6.42 Å². The van der Waals surface area contributed by atoms with Gasteiger partial charge in [0.1, 0.15) is 24.2 Å². The fourth-order valence-electron chi connectivity index (χ4n) is 4.65. The number of rotatable bonds is 11. The van der Waals surface area contributed by atoms with Gasteiger partial charge in [-0.3, -0.25) is 4.79 Å². The van der Waals surface area contributed by atoms with Crippen molar-refractivity contribution in [2.75, 3.05) is 13.2 Å². The summed E-state index contributed by atoms with van der Waals surface area (Å²) >= 11 is 0. The van der Waals surface area contributed by atoms with E-state index in [9.17, 15) is 9.90 Å². The summed E-state index contributed by atoms with van der Waals surface area (Å²) in [6, 6.07) is 25.3. The minimum atomic E-state index is -0.664. The lowest BCUT2D eigenvalue weighted by atomic mass is 9.94. The van der Waals surface area contributed by atoms with Gasteiger partial charge in [0.25, 0.3) is 0 Å². The Bertz CT molecular complexity index is 1570. The normalized spacial score (nSPS) is 12.5. The number of H-pyrrole nitrogens is 1. The highest BCUT2D eigenvalue weighted by Gasteiger charge is 2.20. The minimum Gasteiger partial charge on any atom is -0.490 e. The number of β-amino-alcohol motifs (C(OH)–C–C–N with tert-alkyl or cyclic N) is 1. The summed E-state index contributed by atoms with van der Waals surface area (Å²) in [7, 11) is 0. The highest BCUT2D eigenvalue weighted by Crippen LogP contribution is 2.33. The van der Waals surface area contributed by atoms with E-state index in [1.807, 2.05) is 60.7 Å². The average molecular weight is 524 g/mol. The van der Waals surface area contributed by atoms with E-state index in [2.05, 4.69) is 35.2 Å².